The van der Waals surface area contributed by atoms with E-state index in [0.717, 1.165) is 11.3 Å². The van der Waals surface area contributed by atoms with E-state index in [2.05, 4.69) is 10.3 Å². The predicted molar refractivity (Wildman–Crippen MR) is 79.3 cm³/mol. The molecule has 0 fully saturated rings. The van der Waals surface area contributed by atoms with Gasteiger partial charge in [0.1, 0.15) is 5.69 Å². The zero-order chi connectivity index (χ0) is 15.8. The molecule has 112 valence electrons. The van der Waals surface area contributed by atoms with Crippen LogP contribution in [0.3, 0.4) is 0 Å². The highest BCUT2D eigenvalue weighted by Gasteiger charge is 2.26. The molecule has 0 aliphatic heterocycles. The summed E-state index contributed by atoms with van der Waals surface area (Å²) in [7, 11) is 0. The zero-order valence-corrected chi connectivity index (χ0v) is 12.6. The van der Waals surface area contributed by atoms with Gasteiger partial charge in [-0.3, -0.25) is 10.1 Å². The second-order valence-corrected chi connectivity index (χ2v) is 5.98. The van der Waals surface area contributed by atoms with Crippen molar-refractivity contribution in [2.45, 2.75) is 39.7 Å². The number of nitrogens with two attached hydrogens (primary N) is 1. The standard InChI is InChI=1S/C14H19N5O2/c1-9-5-6-10(19(20)21)7-12(9)18-13(14(2,3)4)11(8-15)16-17-18/h5-7H,8,15H2,1-4H3. The van der Waals surface area contributed by atoms with Gasteiger partial charge in [-0.1, -0.05) is 32.1 Å². The van der Waals surface area contributed by atoms with Crippen LogP contribution in [-0.2, 0) is 12.0 Å². The Kier molecular flexibility index (Phi) is 3.78. The lowest BCUT2D eigenvalue weighted by Crippen LogP contribution is -2.21. The van der Waals surface area contributed by atoms with E-state index in [-0.39, 0.29) is 17.6 Å². The van der Waals surface area contributed by atoms with Gasteiger partial charge in [0.25, 0.3) is 5.69 Å². The second kappa shape index (κ2) is 5.25. The highest BCUT2D eigenvalue weighted by atomic mass is 16.6. The lowest BCUT2D eigenvalue weighted by molar-refractivity contribution is -0.384. The van der Waals surface area contributed by atoms with Gasteiger partial charge in [0.05, 0.1) is 16.3 Å². The molecule has 0 aliphatic rings. The number of nitro benzene ring substituents is 1. The molecule has 7 heteroatoms. The molecule has 2 aromatic rings. The summed E-state index contributed by atoms with van der Waals surface area (Å²) in [6.07, 6.45) is 0. The number of hydrogen-bond donors (Lipinski definition) is 1. The summed E-state index contributed by atoms with van der Waals surface area (Å²) in [5.41, 5.74) is 8.65. The summed E-state index contributed by atoms with van der Waals surface area (Å²) in [5, 5.41) is 19.2. The number of nitro groups is 1. The molecule has 0 amide bonds. The lowest BCUT2D eigenvalue weighted by Gasteiger charge is -2.21. The van der Waals surface area contributed by atoms with Crippen molar-refractivity contribution in [3.05, 3.63) is 45.3 Å². The van der Waals surface area contributed by atoms with Crippen molar-refractivity contribution in [1.82, 2.24) is 15.0 Å². The van der Waals surface area contributed by atoms with Crippen molar-refractivity contribution >= 4 is 5.69 Å². The van der Waals surface area contributed by atoms with Gasteiger partial charge < -0.3 is 5.73 Å². The summed E-state index contributed by atoms with van der Waals surface area (Å²) in [4.78, 5) is 10.6. The molecule has 1 aromatic heterocycles. The van der Waals surface area contributed by atoms with E-state index < -0.39 is 4.92 Å². The molecule has 0 bridgehead atoms. The fourth-order valence-electron chi connectivity index (χ4n) is 2.31. The van der Waals surface area contributed by atoms with Gasteiger partial charge in [-0.15, -0.1) is 5.10 Å². The average Bonchev–Trinajstić information content (AvgIpc) is 2.82. The van der Waals surface area contributed by atoms with E-state index in [0.29, 0.717) is 11.4 Å². The van der Waals surface area contributed by atoms with Gasteiger partial charge in [-0.05, 0) is 12.5 Å². The van der Waals surface area contributed by atoms with Crippen LogP contribution >= 0.6 is 0 Å². The monoisotopic (exact) mass is 289 g/mol. The van der Waals surface area contributed by atoms with Crippen molar-refractivity contribution in [2.24, 2.45) is 5.73 Å². The molecule has 0 unspecified atom stereocenters. The molecule has 0 radical (unpaired) electrons. The van der Waals surface area contributed by atoms with Crippen LogP contribution in [0.5, 0.6) is 0 Å². The van der Waals surface area contributed by atoms with Crippen LogP contribution in [-0.4, -0.2) is 19.9 Å². The maximum Gasteiger partial charge on any atom is 0.271 e. The first-order chi connectivity index (χ1) is 9.75. The first-order valence-electron chi connectivity index (χ1n) is 6.66. The Balaban J connectivity index is 2.70. The highest BCUT2D eigenvalue weighted by molar-refractivity contribution is 5.49. The molecular formula is C14H19N5O2. The van der Waals surface area contributed by atoms with Gasteiger partial charge >= 0.3 is 0 Å². The first kappa shape index (κ1) is 15.1. The van der Waals surface area contributed by atoms with Crippen LogP contribution in [0.4, 0.5) is 5.69 Å². The Hall–Kier alpha value is -2.28. The van der Waals surface area contributed by atoms with Gasteiger partial charge in [0.15, 0.2) is 0 Å². The molecular weight excluding hydrogens is 270 g/mol. The van der Waals surface area contributed by atoms with Gasteiger partial charge in [-0.25, -0.2) is 4.68 Å². The summed E-state index contributed by atoms with van der Waals surface area (Å²) in [5.74, 6) is 0. The zero-order valence-electron chi connectivity index (χ0n) is 12.6. The van der Waals surface area contributed by atoms with Gasteiger partial charge in [0, 0.05) is 24.1 Å². The fourth-order valence-corrected chi connectivity index (χ4v) is 2.31. The molecule has 7 nitrogen and oxygen atoms in total. The van der Waals surface area contributed by atoms with Crippen molar-refractivity contribution in [1.29, 1.82) is 0 Å². The summed E-state index contributed by atoms with van der Waals surface area (Å²) in [6.45, 7) is 8.27. The topological polar surface area (TPSA) is 99.9 Å². The molecule has 1 heterocycles. The number of non-ortho nitro benzene ring substituents is 1. The smallest absolute Gasteiger partial charge is 0.271 e. The normalized spacial score (nSPS) is 11.7. The van der Waals surface area contributed by atoms with Gasteiger partial charge in [-0.2, -0.15) is 0 Å². The molecule has 2 rings (SSSR count). The number of aryl methyl sites for hydroxylation is 1. The summed E-state index contributed by atoms with van der Waals surface area (Å²) >= 11 is 0. The number of benzene rings is 1. The SMILES string of the molecule is Cc1ccc([N+](=O)[O-])cc1-n1nnc(CN)c1C(C)(C)C. The molecule has 0 atom stereocenters. The lowest BCUT2D eigenvalue weighted by atomic mass is 9.90. The molecule has 0 spiro atoms. The van der Waals surface area contributed by atoms with E-state index in [1.165, 1.54) is 12.1 Å². The van der Waals surface area contributed by atoms with E-state index in [1.807, 2.05) is 27.7 Å². The Morgan fingerprint density at radius 2 is 2.05 bits per heavy atom. The molecule has 0 saturated carbocycles. The maximum absolute atomic E-state index is 11.0. The third kappa shape index (κ3) is 2.78. The minimum Gasteiger partial charge on any atom is -0.325 e. The summed E-state index contributed by atoms with van der Waals surface area (Å²) < 4.78 is 1.66. The van der Waals surface area contributed by atoms with Crippen LogP contribution in [0.1, 0.15) is 37.7 Å². The van der Waals surface area contributed by atoms with Crippen LogP contribution in [0, 0.1) is 17.0 Å². The minimum atomic E-state index is -0.416. The van der Waals surface area contributed by atoms with E-state index >= 15 is 0 Å². The van der Waals surface area contributed by atoms with E-state index in [4.69, 9.17) is 5.73 Å². The molecule has 0 saturated heterocycles. The Morgan fingerprint density at radius 1 is 1.38 bits per heavy atom. The Morgan fingerprint density at radius 3 is 2.57 bits per heavy atom. The third-order valence-corrected chi connectivity index (χ3v) is 3.28. The number of aromatic nitrogens is 3. The number of hydrogen-bond acceptors (Lipinski definition) is 5. The van der Waals surface area contributed by atoms with Crippen LogP contribution in [0.2, 0.25) is 0 Å². The van der Waals surface area contributed by atoms with E-state index in [9.17, 15) is 10.1 Å². The average molecular weight is 289 g/mol. The quantitative estimate of drug-likeness (QED) is 0.690. The summed E-state index contributed by atoms with van der Waals surface area (Å²) in [6, 6.07) is 4.71. The molecule has 1 aromatic carbocycles. The van der Waals surface area contributed by atoms with Crippen molar-refractivity contribution < 1.29 is 4.92 Å². The van der Waals surface area contributed by atoms with Gasteiger partial charge in [0.2, 0.25) is 0 Å². The van der Waals surface area contributed by atoms with E-state index in [1.54, 1.807) is 10.7 Å². The van der Waals surface area contributed by atoms with Crippen molar-refractivity contribution in [3.8, 4) is 5.69 Å². The van der Waals surface area contributed by atoms with Crippen molar-refractivity contribution in [2.75, 3.05) is 0 Å². The predicted octanol–water partition coefficient (Wildman–Crippen LogP) is 2.24. The Labute approximate surface area is 122 Å². The van der Waals surface area contributed by atoms with Crippen molar-refractivity contribution in [3.63, 3.8) is 0 Å². The maximum atomic E-state index is 11.0. The largest absolute Gasteiger partial charge is 0.325 e. The fraction of sp³-hybridized carbons (Fsp3) is 0.429. The number of rotatable bonds is 3. The highest BCUT2D eigenvalue weighted by Crippen LogP contribution is 2.29. The molecule has 2 N–H and O–H groups in total. The van der Waals surface area contributed by atoms with Crippen LogP contribution < -0.4 is 5.73 Å². The van der Waals surface area contributed by atoms with Crippen LogP contribution in [0.15, 0.2) is 18.2 Å². The Bertz CT molecular complexity index is 685. The number of nitrogens with zero attached hydrogens (tertiary/aromatic N) is 4. The van der Waals surface area contributed by atoms with Crippen LogP contribution in [0.25, 0.3) is 5.69 Å². The third-order valence-electron chi connectivity index (χ3n) is 3.28. The second-order valence-electron chi connectivity index (χ2n) is 5.98. The minimum absolute atomic E-state index is 0.0280. The first-order valence-corrected chi connectivity index (χ1v) is 6.66. The molecule has 21 heavy (non-hydrogen) atoms. The molecule has 0 aliphatic carbocycles.